The summed E-state index contributed by atoms with van der Waals surface area (Å²) >= 11 is 0. The molecule has 66 valence electrons. The Morgan fingerprint density at radius 1 is 1.38 bits per heavy atom. The Kier molecular flexibility index (Phi) is 2.19. The molecule has 0 saturated heterocycles. The van der Waals surface area contributed by atoms with Gasteiger partial charge in [-0.3, -0.25) is 9.97 Å². The van der Waals surface area contributed by atoms with Crippen molar-refractivity contribution >= 4 is 10.9 Å². The van der Waals surface area contributed by atoms with Crippen molar-refractivity contribution in [2.45, 2.75) is 6.54 Å². The first kappa shape index (κ1) is 8.13. The lowest BCUT2D eigenvalue weighted by molar-refractivity contribution is 0.815. The molecule has 0 aliphatic rings. The minimum Gasteiger partial charge on any atom is -0.316 e. The first-order valence-electron chi connectivity index (χ1n) is 4.23. The Morgan fingerprint density at radius 2 is 2.31 bits per heavy atom. The molecule has 0 bridgehead atoms. The highest BCUT2D eigenvalue weighted by Gasteiger charge is 1.95. The van der Waals surface area contributed by atoms with Crippen LogP contribution in [0.1, 0.15) is 5.56 Å². The number of aromatic nitrogens is 2. The quantitative estimate of drug-likeness (QED) is 0.745. The van der Waals surface area contributed by atoms with Crippen LogP contribution in [0.5, 0.6) is 0 Å². The number of rotatable bonds is 2. The third-order valence-corrected chi connectivity index (χ3v) is 1.92. The zero-order valence-electron chi connectivity index (χ0n) is 7.49. The molecule has 3 heteroatoms. The number of nitrogens with one attached hydrogen (secondary N) is 1. The van der Waals surface area contributed by atoms with Crippen molar-refractivity contribution in [1.29, 1.82) is 0 Å². The Morgan fingerprint density at radius 3 is 3.15 bits per heavy atom. The molecular weight excluding hydrogens is 162 g/mol. The smallest absolute Gasteiger partial charge is 0.0885 e. The van der Waals surface area contributed by atoms with Gasteiger partial charge in [-0.1, -0.05) is 0 Å². The standard InChI is InChI=1S/C10H11N3/c1-11-5-8-4-9-2-3-12-7-10(9)13-6-8/h2-4,6-7,11H,5H2,1H3. The fraction of sp³-hybridized carbons (Fsp3) is 0.200. The number of nitrogens with zero attached hydrogens (tertiary/aromatic N) is 2. The van der Waals surface area contributed by atoms with Gasteiger partial charge in [-0.25, -0.2) is 0 Å². The minimum atomic E-state index is 0.852. The summed E-state index contributed by atoms with van der Waals surface area (Å²) in [4.78, 5) is 8.31. The predicted octanol–water partition coefficient (Wildman–Crippen LogP) is 1.35. The van der Waals surface area contributed by atoms with Gasteiger partial charge >= 0.3 is 0 Å². The van der Waals surface area contributed by atoms with Gasteiger partial charge < -0.3 is 5.32 Å². The summed E-state index contributed by atoms with van der Waals surface area (Å²) in [6, 6.07) is 4.10. The summed E-state index contributed by atoms with van der Waals surface area (Å²) in [6.07, 6.45) is 5.44. The first-order valence-corrected chi connectivity index (χ1v) is 4.23. The fourth-order valence-corrected chi connectivity index (χ4v) is 1.32. The van der Waals surface area contributed by atoms with Crippen LogP contribution in [0.4, 0.5) is 0 Å². The lowest BCUT2D eigenvalue weighted by Gasteiger charge is -2.00. The maximum absolute atomic E-state index is 4.30. The molecule has 3 nitrogen and oxygen atoms in total. The van der Waals surface area contributed by atoms with Gasteiger partial charge in [-0.05, 0) is 24.7 Å². The van der Waals surface area contributed by atoms with E-state index in [0.717, 1.165) is 17.4 Å². The van der Waals surface area contributed by atoms with E-state index in [1.54, 1.807) is 12.4 Å². The van der Waals surface area contributed by atoms with E-state index in [1.807, 2.05) is 19.3 Å². The van der Waals surface area contributed by atoms with Gasteiger partial charge in [-0.15, -0.1) is 0 Å². The van der Waals surface area contributed by atoms with Crippen molar-refractivity contribution in [3.63, 3.8) is 0 Å². The Hall–Kier alpha value is -1.48. The van der Waals surface area contributed by atoms with Gasteiger partial charge in [0.2, 0.25) is 0 Å². The van der Waals surface area contributed by atoms with E-state index in [0.29, 0.717) is 0 Å². The normalized spacial score (nSPS) is 10.5. The van der Waals surface area contributed by atoms with Crippen molar-refractivity contribution in [3.8, 4) is 0 Å². The van der Waals surface area contributed by atoms with E-state index in [4.69, 9.17) is 0 Å². The molecule has 2 rings (SSSR count). The van der Waals surface area contributed by atoms with Crippen molar-refractivity contribution in [1.82, 2.24) is 15.3 Å². The van der Waals surface area contributed by atoms with Gasteiger partial charge in [0.25, 0.3) is 0 Å². The largest absolute Gasteiger partial charge is 0.316 e. The van der Waals surface area contributed by atoms with Crippen molar-refractivity contribution < 1.29 is 0 Å². The number of hydrogen-bond acceptors (Lipinski definition) is 3. The maximum Gasteiger partial charge on any atom is 0.0885 e. The van der Waals surface area contributed by atoms with Gasteiger partial charge in [0.05, 0.1) is 11.7 Å². The maximum atomic E-state index is 4.30. The van der Waals surface area contributed by atoms with Crippen LogP contribution in [-0.4, -0.2) is 17.0 Å². The van der Waals surface area contributed by atoms with Gasteiger partial charge in [-0.2, -0.15) is 0 Å². The summed E-state index contributed by atoms with van der Waals surface area (Å²) in [5.74, 6) is 0. The second-order valence-corrected chi connectivity index (χ2v) is 2.94. The molecule has 0 atom stereocenters. The molecule has 2 aromatic heterocycles. The molecule has 0 fully saturated rings. The summed E-state index contributed by atoms with van der Waals surface area (Å²) < 4.78 is 0. The van der Waals surface area contributed by atoms with Crippen LogP contribution in [0.15, 0.2) is 30.7 Å². The van der Waals surface area contributed by atoms with Crippen LogP contribution >= 0.6 is 0 Å². The molecular formula is C10H11N3. The Balaban J connectivity index is 2.49. The number of hydrogen-bond donors (Lipinski definition) is 1. The summed E-state index contributed by atoms with van der Waals surface area (Å²) in [5, 5.41) is 4.23. The van der Waals surface area contributed by atoms with E-state index in [-0.39, 0.29) is 0 Å². The second-order valence-electron chi connectivity index (χ2n) is 2.94. The predicted molar refractivity (Wildman–Crippen MR) is 52.3 cm³/mol. The molecule has 0 aromatic carbocycles. The average Bonchev–Trinajstić information content (AvgIpc) is 2.18. The highest BCUT2D eigenvalue weighted by molar-refractivity contribution is 5.77. The third-order valence-electron chi connectivity index (χ3n) is 1.92. The number of fused-ring (bicyclic) bond motifs is 1. The molecule has 2 aromatic rings. The van der Waals surface area contributed by atoms with E-state index < -0.39 is 0 Å². The highest BCUT2D eigenvalue weighted by Crippen LogP contribution is 2.10. The van der Waals surface area contributed by atoms with Crippen LogP contribution in [-0.2, 0) is 6.54 Å². The molecule has 13 heavy (non-hydrogen) atoms. The second kappa shape index (κ2) is 3.49. The first-order chi connectivity index (χ1) is 6.40. The van der Waals surface area contributed by atoms with Crippen molar-refractivity contribution in [2.75, 3.05) is 7.05 Å². The summed E-state index contributed by atoms with van der Waals surface area (Å²) in [5.41, 5.74) is 2.14. The van der Waals surface area contributed by atoms with E-state index in [9.17, 15) is 0 Å². The number of pyridine rings is 2. The van der Waals surface area contributed by atoms with Crippen LogP contribution < -0.4 is 5.32 Å². The minimum absolute atomic E-state index is 0.852. The topological polar surface area (TPSA) is 37.8 Å². The fourth-order valence-electron chi connectivity index (χ4n) is 1.32. The van der Waals surface area contributed by atoms with Crippen LogP contribution in [0.2, 0.25) is 0 Å². The average molecular weight is 173 g/mol. The molecule has 0 spiro atoms. The molecule has 0 aliphatic carbocycles. The molecule has 0 unspecified atom stereocenters. The van der Waals surface area contributed by atoms with Crippen molar-refractivity contribution in [3.05, 3.63) is 36.3 Å². The zero-order valence-corrected chi connectivity index (χ0v) is 7.49. The van der Waals surface area contributed by atoms with Gasteiger partial charge in [0, 0.05) is 24.3 Å². The lowest BCUT2D eigenvalue weighted by atomic mass is 10.2. The Labute approximate surface area is 76.8 Å². The molecule has 0 saturated carbocycles. The van der Waals surface area contributed by atoms with Gasteiger partial charge in [0.15, 0.2) is 0 Å². The lowest BCUT2D eigenvalue weighted by Crippen LogP contribution is -2.05. The SMILES string of the molecule is CNCc1cnc2cnccc2c1. The van der Waals surface area contributed by atoms with E-state index >= 15 is 0 Å². The van der Waals surface area contributed by atoms with Crippen molar-refractivity contribution in [2.24, 2.45) is 0 Å². The molecule has 1 N–H and O–H groups in total. The highest BCUT2D eigenvalue weighted by atomic mass is 14.8. The molecule has 0 amide bonds. The monoisotopic (exact) mass is 173 g/mol. The van der Waals surface area contributed by atoms with Gasteiger partial charge in [0.1, 0.15) is 0 Å². The van der Waals surface area contributed by atoms with E-state index in [2.05, 4.69) is 21.4 Å². The van der Waals surface area contributed by atoms with Crippen LogP contribution in [0.25, 0.3) is 10.9 Å². The zero-order chi connectivity index (χ0) is 9.10. The van der Waals surface area contributed by atoms with Crippen LogP contribution in [0, 0.1) is 0 Å². The molecule has 0 aliphatic heterocycles. The third kappa shape index (κ3) is 1.65. The van der Waals surface area contributed by atoms with E-state index in [1.165, 1.54) is 5.56 Å². The summed E-state index contributed by atoms with van der Waals surface area (Å²) in [6.45, 7) is 0.852. The Bertz CT molecular complexity index is 412. The molecule has 0 radical (unpaired) electrons. The summed E-state index contributed by atoms with van der Waals surface area (Å²) in [7, 11) is 1.93. The van der Waals surface area contributed by atoms with Crippen LogP contribution in [0.3, 0.4) is 0 Å². The molecule has 2 heterocycles.